The highest BCUT2D eigenvalue weighted by Crippen LogP contribution is 2.32. The maximum atomic E-state index is 12.1. The van der Waals surface area contributed by atoms with Crippen molar-refractivity contribution >= 4 is 16.0 Å². The van der Waals surface area contributed by atoms with E-state index in [1.54, 1.807) is 18.2 Å². The SMILES string of the molecule is N#CCCNS(=O)(=O)c1ccc(C(=O)OCc2ccc3c(c2)OCO3)cc1. The number of nitrogens with one attached hydrogen (secondary N) is 1. The summed E-state index contributed by atoms with van der Waals surface area (Å²) in [5, 5.41) is 8.46. The summed E-state index contributed by atoms with van der Waals surface area (Å²) in [4.78, 5) is 12.2. The van der Waals surface area contributed by atoms with Gasteiger partial charge in [-0.15, -0.1) is 0 Å². The van der Waals surface area contributed by atoms with Crippen LogP contribution in [0.1, 0.15) is 22.3 Å². The van der Waals surface area contributed by atoms with Gasteiger partial charge in [0.1, 0.15) is 6.61 Å². The first-order valence-electron chi connectivity index (χ1n) is 8.02. The third-order valence-electron chi connectivity index (χ3n) is 3.74. The van der Waals surface area contributed by atoms with E-state index in [0.29, 0.717) is 11.5 Å². The van der Waals surface area contributed by atoms with E-state index in [4.69, 9.17) is 19.5 Å². The van der Waals surface area contributed by atoms with Gasteiger partial charge in [-0.05, 0) is 42.0 Å². The monoisotopic (exact) mass is 388 g/mol. The average molecular weight is 388 g/mol. The Labute approximate surface area is 156 Å². The largest absolute Gasteiger partial charge is 0.457 e. The minimum Gasteiger partial charge on any atom is -0.457 e. The molecule has 0 unspecified atom stereocenters. The highest BCUT2D eigenvalue weighted by atomic mass is 32.2. The van der Waals surface area contributed by atoms with Crippen molar-refractivity contribution in [3.63, 3.8) is 0 Å². The lowest BCUT2D eigenvalue weighted by molar-refractivity contribution is 0.0472. The van der Waals surface area contributed by atoms with Crippen molar-refractivity contribution in [2.75, 3.05) is 13.3 Å². The molecular formula is C18H16N2O6S. The van der Waals surface area contributed by atoms with Gasteiger partial charge in [0.2, 0.25) is 16.8 Å². The Morgan fingerprint density at radius 1 is 1.15 bits per heavy atom. The van der Waals surface area contributed by atoms with Crippen molar-refractivity contribution in [1.29, 1.82) is 5.26 Å². The van der Waals surface area contributed by atoms with E-state index in [1.807, 2.05) is 6.07 Å². The number of nitriles is 1. The number of esters is 1. The molecule has 2 aromatic rings. The van der Waals surface area contributed by atoms with Gasteiger partial charge in [0.25, 0.3) is 0 Å². The van der Waals surface area contributed by atoms with Crippen LogP contribution in [0.4, 0.5) is 0 Å². The molecular weight excluding hydrogens is 372 g/mol. The van der Waals surface area contributed by atoms with Gasteiger partial charge in [0.15, 0.2) is 11.5 Å². The molecule has 140 valence electrons. The van der Waals surface area contributed by atoms with Crippen LogP contribution >= 0.6 is 0 Å². The first kappa shape index (κ1) is 18.7. The highest BCUT2D eigenvalue weighted by Gasteiger charge is 2.16. The smallest absolute Gasteiger partial charge is 0.338 e. The molecule has 0 atom stereocenters. The number of ether oxygens (including phenoxy) is 3. The van der Waals surface area contributed by atoms with Crippen LogP contribution in [0.3, 0.4) is 0 Å². The van der Waals surface area contributed by atoms with Crippen molar-refractivity contribution < 1.29 is 27.4 Å². The predicted molar refractivity (Wildman–Crippen MR) is 93.5 cm³/mol. The number of nitrogens with zero attached hydrogens (tertiary/aromatic N) is 1. The zero-order valence-corrected chi connectivity index (χ0v) is 15.0. The summed E-state index contributed by atoms with van der Waals surface area (Å²) in [5.74, 6) is 0.668. The van der Waals surface area contributed by atoms with Crippen LogP contribution in [-0.2, 0) is 21.4 Å². The van der Waals surface area contributed by atoms with Gasteiger partial charge in [0.05, 0.1) is 16.5 Å². The number of carbonyl (C=O) groups is 1. The Morgan fingerprint density at radius 2 is 1.89 bits per heavy atom. The first-order valence-corrected chi connectivity index (χ1v) is 9.50. The molecule has 9 heteroatoms. The number of hydrogen-bond acceptors (Lipinski definition) is 7. The fourth-order valence-corrected chi connectivity index (χ4v) is 3.39. The standard InChI is InChI=1S/C18H16N2O6S/c19-8-1-9-20-27(22,23)15-5-3-14(4-6-15)18(21)24-11-13-2-7-16-17(10-13)26-12-25-16/h2-7,10,20H,1,9,11-12H2. The molecule has 8 nitrogen and oxygen atoms in total. The Morgan fingerprint density at radius 3 is 2.63 bits per heavy atom. The van der Waals surface area contributed by atoms with E-state index in [-0.39, 0.29) is 36.8 Å². The fourth-order valence-electron chi connectivity index (χ4n) is 2.36. The van der Waals surface area contributed by atoms with Crippen LogP contribution in [-0.4, -0.2) is 27.7 Å². The van der Waals surface area contributed by atoms with Crippen molar-refractivity contribution in [1.82, 2.24) is 4.72 Å². The van der Waals surface area contributed by atoms with Crippen molar-refractivity contribution in [3.8, 4) is 17.6 Å². The molecule has 2 aromatic carbocycles. The van der Waals surface area contributed by atoms with Crippen LogP contribution in [0, 0.1) is 11.3 Å². The third kappa shape index (κ3) is 4.55. The zero-order valence-electron chi connectivity index (χ0n) is 14.2. The Hall–Kier alpha value is -3.09. The van der Waals surface area contributed by atoms with Crippen molar-refractivity contribution in [3.05, 3.63) is 53.6 Å². The lowest BCUT2D eigenvalue weighted by Crippen LogP contribution is -2.24. The van der Waals surface area contributed by atoms with Crippen molar-refractivity contribution in [2.24, 2.45) is 0 Å². The molecule has 0 aliphatic carbocycles. The fraction of sp³-hybridized carbons (Fsp3) is 0.222. The van der Waals surface area contributed by atoms with E-state index in [0.717, 1.165) is 5.56 Å². The first-order chi connectivity index (χ1) is 13.0. The van der Waals surface area contributed by atoms with E-state index in [2.05, 4.69) is 4.72 Å². The number of fused-ring (bicyclic) bond motifs is 1. The summed E-state index contributed by atoms with van der Waals surface area (Å²) < 4.78 is 42.1. The van der Waals surface area contributed by atoms with Crippen LogP contribution in [0.15, 0.2) is 47.4 Å². The lowest BCUT2D eigenvalue weighted by atomic mass is 10.2. The topological polar surface area (TPSA) is 115 Å². The number of rotatable bonds is 7. The van der Waals surface area contributed by atoms with Gasteiger partial charge in [-0.25, -0.2) is 17.9 Å². The molecule has 1 aliphatic rings. The number of benzene rings is 2. The maximum Gasteiger partial charge on any atom is 0.338 e. The Bertz CT molecular complexity index is 980. The molecule has 0 bridgehead atoms. The second-order valence-corrected chi connectivity index (χ2v) is 7.36. The molecule has 0 amide bonds. The zero-order chi connectivity index (χ0) is 19.3. The van der Waals surface area contributed by atoms with Crippen LogP contribution in [0.5, 0.6) is 11.5 Å². The minimum atomic E-state index is -3.72. The second-order valence-electron chi connectivity index (χ2n) is 5.59. The van der Waals surface area contributed by atoms with E-state index in [1.165, 1.54) is 24.3 Å². The molecule has 0 spiro atoms. The summed E-state index contributed by atoms with van der Waals surface area (Å²) in [6.07, 6.45) is 0.0729. The molecule has 1 heterocycles. The molecule has 27 heavy (non-hydrogen) atoms. The highest BCUT2D eigenvalue weighted by molar-refractivity contribution is 7.89. The summed E-state index contributed by atoms with van der Waals surface area (Å²) in [5.41, 5.74) is 0.972. The number of hydrogen-bond donors (Lipinski definition) is 1. The normalized spacial score (nSPS) is 12.4. The number of carbonyl (C=O) groups excluding carboxylic acids is 1. The molecule has 3 rings (SSSR count). The molecule has 0 radical (unpaired) electrons. The summed E-state index contributed by atoms with van der Waals surface area (Å²) in [7, 11) is -3.72. The average Bonchev–Trinajstić information content (AvgIpc) is 3.14. The molecule has 0 aromatic heterocycles. The molecule has 1 aliphatic heterocycles. The van der Waals surface area contributed by atoms with Crippen LogP contribution in [0.25, 0.3) is 0 Å². The van der Waals surface area contributed by atoms with Gasteiger partial charge >= 0.3 is 5.97 Å². The minimum absolute atomic E-state index is 0.00719. The molecule has 0 saturated carbocycles. The van der Waals surface area contributed by atoms with E-state index < -0.39 is 16.0 Å². The van der Waals surface area contributed by atoms with Gasteiger partial charge in [0, 0.05) is 13.0 Å². The molecule has 1 N–H and O–H groups in total. The van der Waals surface area contributed by atoms with Gasteiger partial charge in [-0.1, -0.05) is 6.07 Å². The Balaban J connectivity index is 1.60. The van der Waals surface area contributed by atoms with Crippen molar-refractivity contribution in [2.45, 2.75) is 17.9 Å². The third-order valence-corrected chi connectivity index (χ3v) is 5.21. The second kappa shape index (κ2) is 8.07. The Kier molecular flexibility index (Phi) is 5.59. The van der Waals surface area contributed by atoms with E-state index in [9.17, 15) is 13.2 Å². The maximum absolute atomic E-state index is 12.1. The quantitative estimate of drug-likeness (QED) is 0.569. The van der Waals surface area contributed by atoms with Crippen LogP contribution in [0.2, 0.25) is 0 Å². The van der Waals surface area contributed by atoms with E-state index >= 15 is 0 Å². The lowest BCUT2D eigenvalue weighted by Gasteiger charge is -2.08. The van der Waals surface area contributed by atoms with Gasteiger partial charge in [-0.2, -0.15) is 5.26 Å². The van der Waals surface area contributed by atoms with Gasteiger partial charge in [-0.3, -0.25) is 0 Å². The molecule has 0 saturated heterocycles. The van der Waals surface area contributed by atoms with Crippen LogP contribution < -0.4 is 14.2 Å². The summed E-state index contributed by atoms with van der Waals surface area (Å²) >= 11 is 0. The van der Waals surface area contributed by atoms with Gasteiger partial charge < -0.3 is 14.2 Å². The number of sulfonamides is 1. The molecule has 0 fully saturated rings. The predicted octanol–water partition coefficient (Wildman–Crippen LogP) is 1.96. The summed E-state index contributed by atoms with van der Waals surface area (Å²) in [6, 6.07) is 12.5. The summed E-state index contributed by atoms with van der Waals surface area (Å²) in [6.45, 7) is 0.239.